The molecule has 3 heterocycles. The second kappa shape index (κ2) is 11.7. The van der Waals surface area contributed by atoms with Crippen molar-refractivity contribution in [2.45, 2.75) is 38.5 Å². The van der Waals surface area contributed by atoms with Crippen molar-refractivity contribution in [1.29, 1.82) is 0 Å². The van der Waals surface area contributed by atoms with Crippen molar-refractivity contribution >= 4 is 11.8 Å². The molecular weight excluding hydrogens is 464 g/mol. The third kappa shape index (κ3) is 6.08. The molecule has 0 spiro atoms. The minimum Gasteiger partial charge on any atom is -0.497 e. The number of carbonyl (C=O) groups excluding carboxylic acids is 1. The summed E-state index contributed by atoms with van der Waals surface area (Å²) < 4.78 is 18.4. The Hall–Kier alpha value is -3.51. The van der Waals surface area contributed by atoms with Gasteiger partial charge in [-0.15, -0.1) is 0 Å². The van der Waals surface area contributed by atoms with Gasteiger partial charge in [0.25, 0.3) is 0 Å². The molecule has 6 heteroatoms. The fourth-order valence-corrected chi connectivity index (χ4v) is 5.75. The Morgan fingerprint density at radius 2 is 1.54 bits per heavy atom. The predicted octanol–water partition coefficient (Wildman–Crippen LogP) is 6.26. The quantitative estimate of drug-likeness (QED) is 0.243. The van der Waals surface area contributed by atoms with Gasteiger partial charge < -0.3 is 14.2 Å². The molecule has 0 radical (unpaired) electrons. The van der Waals surface area contributed by atoms with Gasteiger partial charge >= 0.3 is 6.09 Å². The number of rotatable bonds is 10. The maximum atomic E-state index is 13.7. The summed E-state index contributed by atoms with van der Waals surface area (Å²) in [5, 5.41) is 0. The number of piperidine rings is 3. The second-order valence-electron chi connectivity index (χ2n) is 10.2. The number of anilines is 1. The maximum Gasteiger partial charge on any atom is 0.419 e. The highest BCUT2D eigenvalue weighted by molar-refractivity contribution is 5.87. The van der Waals surface area contributed by atoms with Crippen LogP contribution in [0.2, 0.25) is 0 Å². The first kappa shape index (κ1) is 25.2. The Morgan fingerprint density at radius 1 is 0.892 bits per heavy atom. The molecule has 3 aromatic carbocycles. The third-order valence-electron chi connectivity index (χ3n) is 7.90. The summed E-state index contributed by atoms with van der Waals surface area (Å²) in [6.45, 7) is 4.20. The number of hydrogen-bond donors (Lipinski definition) is 0. The highest BCUT2D eigenvalue weighted by Crippen LogP contribution is 2.39. The molecule has 0 aliphatic carbocycles. The molecule has 3 aliphatic heterocycles. The van der Waals surface area contributed by atoms with Crippen LogP contribution in [0, 0.1) is 5.92 Å². The Morgan fingerprint density at radius 3 is 2.22 bits per heavy atom. The van der Waals surface area contributed by atoms with E-state index in [-0.39, 0.29) is 12.3 Å². The topological polar surface area (TPSA) is 48.0 Å². The summed E-state index contributed by atoms with van der Waals surface area (Å²) in [6.07, 6.45) is 3.90. The molecule has 0 aromatic heterocycles. The van der Waals surface area contributed by atoms with Crippen LogP contribution in [0.3, 0.4) is 0 Å². The van der Waals surface area contributed by atoms with E-state index in [1.807, 2.05) is 84.9 Å². The number of amides is 1. The number of carbonyl (C=O) groups is 1. The summed E-state index contributed by atoms with van der Waals surface area (Å²) in [6, 6.07) is 27.6. The Bertz CT molecular complexity index is 1130. The van der Waals surface area contributed by atoms with Crippen molar-refractivity contribution in [2.24, 2.45) is 5.92 Å². The summed E-state index contributed by atoms with van der Waals surface area (Å²) in [5.41, 5.74) is 1.93. The van der Waals surface area contributed by atoms with E-state index in [0.29, 0.717) is 19.1 Å². The molecule has 194 valence electrons. The predicted molar refractivity (Wildman–Crippen MR) is 145 cm³/mol. The lowest BCUT2D eigenvalue weighted by atomic mass is 9.84. The minimum absolute atomic E-state index is 0.108. The Balaban J connectivity index is 1.24. The van der Waals surface area contributed by atoms with Gasteiger partial charge in [-0.1, -0.05) is 48.5 Å². The van der Waals surface area contributed by atoms with Crippen LogP contribution in [-0.2, 0) is 11.3 Å². The monoisotopic (exact) mass is 501 g/mol. The lowest BCUT2D eigenvalue weighted by molar-refractivity contribution is -0.984. The Labute approximate surface area is 220 Å². The average Bonchev–Trinajstić information content (AvgIpc) is 2.96. The number of fused-ring (bicyclic) bond motifs is 3. The fraction of sp³-hybridized carbons (Fsp3) is 0.387. The van der Waals surface area contributed by atoms with Gasteiger partial charge in [0.2, 0.25) is 6.23 Å². The van der Waals surface area contributed by atoms with E-state index in [1.165, 1.54) is 12.8 Å². The van der Waals surface area contributed by atoms with Crippen LogP contribution < -0.4 is 14.4 Å². The van der Waals surface area contributed by atoms with Crippen molar-refractivity contribution in [3.05, 3.63) is 90.5 Å². The SMILES string of the molecule is COc1ccc(OCCC[N+]23CCC(CC2)CC3OC(=O)N(Cc2ccccc2)c2ccccc2)cc1. The summed E-state index contributed by atoms with van der Waals surface area (Å²) in [5.74, 6) is 2.32. The number of para-hydroxylation sites is 1. The largest absolute Gasteiger partial charge is 0.497 e. The number of quaternary nitrogens is 1. The molecule has 3 saturated heterocycles. The van der Waals surface area contributed by atoms with Crippen LogP contribution in [-0.4, -0.2) is 50.2 Å². The third-order valence-corrected chi connectivity index (χ3v) is 7.90. The van der Waals surface area contributed by atoms with Gasteiger partial charge in [-0.2, -0.15) is 0 Å². The molecule has 3 aromatic rings. The van der Waals surface area contributed by atoms with E-state index in [2.05, 4.69) is 0 Å². The van der Waals surface area contributed by atoms with Gasteiger partial charge in [0.1, 0.15) is 11.5 Å². The molecule has 2 bridgehead atoms. The van der Waals surface area contributed by atoms with Crippen molar-refractivity contribution in [3.8, 4) is 11.5 Å². The molecule has 6 nitrogen and oxygen atoms in total. The van der Waals surface area contributed by atoms with Crippen molar-refractivity contribution in [3.63, 3.8) is 0 Å². The molecule has 0 saturated carbocycles. The zero-order valence-electron chi connectivity index (χ0n) is 21.6. The van der Waals surface area contributed by atoms with E-state index in [1.54, 1.807) is 12.0 Å². The number of nitrogens with zero attached hydrogens (tertiary/aromatic N) is 2. The first-order valence-corrected chi connectivity index (χ1v) is 13.3. The number of methoxy groups -OCH3 is 1. The van der Waals surface area contributed by atoms with Crippen molar-refractivity contribution < 1.29 is 23.5 Å². The Kier molecular flexibility index (Phi) is 7.95. The summed E-state index contributed by atoms with van der Waals surface area (Å²) in [4.78, 5) is 15.4. The molecule has 3 aliphatic rings. The molecular formula is C31H37N2O4+. The van der Waals surface area contributed by atoms with Crippen LogP contribution in [0.1, 0.15) is 31.2 Å². The van der Waals surface area contributed by atoms with Crippen LogP contribution in [0.25, 0.3) is 0 Å². The zero-order chi connectivity index (χ0) is 25.5. The van der Waals surface area contributed by atoms with Crippen LogP contribution >= 0.6 is 0 Å². The van der Waals surface area contributed by atoms with Gasteiger partial charge in [-0.3, -0.25) is 9.38 Å². The number of hydrogen-bond acceptors (Lipinski definition) is 4. The molecule has 1 unspecified atom stereocenters. The smallest absolute Gasteiger partial charge is 0.419 e. The van der Waals surface area contributed by atoms with Crippen molar-refractivity contribution in [2.75, 3.05) is 38.3 Å². The van der Waals surface area contributed by atoms with E-state index in [9.17, 15) is 4.79 Å². The normalized spacial score (nSPS) is 22.3. The zero-order valence-corrected chi connectivity index (χ0v) is 21.6. The number of ether oxygens (including phenoxy) is 3. The molecule has 3 fully saturated rings. The van der Waals surface area contributed by atoms with E-state index >= 15 is 0 Å². The average molecular weight is 502 g/mol. The second-order valence-corrected chi connectivity index (χ2v) is 10.2. The van der Waals surface area contributed by atoms with E-state index in [0.717, 1.165) is 59.7 Å². The highest BCUT2D eigenvalue weighted by Gasteiger charge is 2.49. The highest BCUT2D eigenvalue weighted by atomic mass is 16.6. The van der Waals surface area contributed by atoms with Gasteiger partial charge in [-0.25, -0.2) is 4.79 Å². The van der Waals surface area contributed by atoms with Crippen LogP contribution in [0.15, 0.2) is 84.9 Å². The lowest BCUT2D eigenvalue weighted by Crippen LogP contribution is -2.66. The van der Waals surface area contributed by atoms with Gasteiger partial charge in [0.15, 0.2) is 0 Å². The molecule has 6 rings (SSSR count). The molecule has 1 atom stereocenters. The standard InChI is InChI=1S/C31H37N2O4/c1-35-28-13-15-29(16-14-28)36-22-8-19-33-20-17-25(18-21-33)23-30(33)37-31(34)32(27-11-6-3-7-12-27)24-26-9-4-2-5-10-26/h2-7,9-16,25,30H,8,17-24H2,1H3/q+1. The maximum absolute atomic E-state index is 13.7. The van der Waals surface area contributed by atoms with Gasteiger partial charge in [-0.05, 0) is 47.9 Å². The van der Waals surface area contributed by atoms with Crippen LogP contribution in [0.4, 0.5) is 10.5 Å². The van der Waals surface area contributed by atoms with Crippen LogP contribution in [0.5, 0.6) is 11.5 Å². The summed E-state index contributed by atoms with van der Waals surface area (Å²) in [7, 11) is 1.66. The lowest BCUT2D eigenvalue weighted by Gasteiger charge is -2.53. The minimum atomic E-state index is -0.264. The van der Waals surface area contributed by atoms with E-state index < -0.39 is 0 Å². The summed E-state index contributed by atoms with van der Waals surface area (Å²) >= 11 is 0. The first-order valence-electron chi connectivity index (χ1n) is 13.3. The van der Waals surface area contributed by atoms with Gasteiger partial charge in [0.05, 0.1) is 39.9 Å². The molecule has 0 N–H and O–H groups in total. The van der Waals surface area contributed by atoms with Gasteiger partial charge in [0, 0.05) is 31.4 Å². The molecule has 37 heavy (non-hydrogen) atoms. The van der Waals surface area contributed by atoms with E-state index in [4.69, 9.17) is 14.2 Å². The van der Waals surface area contributed by atoms with Crippen molar-refractivity contribution in [1.82, 2.24) is 0 Å². The molecule has 1 amide bonds. The number of benzene rings is 3. The first-order chi connectivity index (χ1) is 18.1. The fourth-order valence-electron chi connectivity index (χ4n) is 5.75.